The fraction of sp³-hybridized carbons (Fsp3) is 0. The summed E-state index contributed by atoms with van der Waals surface area (Å²) in [7, 11) is 0. The number of allylic oxidation sites excluding steroid dienone is 8. The summed E-state index contributed by atoms with van der Waals surface area (Å²) in [5.41, 5.74) is 2.76. The van der Waals surface area contributed by atoms with Crippen LogP contribution in [0.15, 0.2) is 92.1 Å². The molecule has 0 aromatic rings. The molecule has 0 radical (unpaired) electrons. The number of carbonyl (C=O) groups is 3. The second-order valence-corrected chi connectivity index (χ2v) is 5.54. The van der Waals surface area contributed by atoms with Crippen LogP contribution in [-0.2, 0) is 14.4 Å². The monoisotopic (exact) mass is 342 g/mol. The Morgan fingerprint density at radius 1 is 0.615 bits per heavy atom. The molecule has 0 saturated carbocycles. The molecular weight excluding hydrogens is 332 g/mol. The van der Waals surface area contributed by atoms with E-state index in [9.17, 15) is 14.4 Å². The molecule has 0 atom stereocenters. The van der Waals surface area contributed by atoms with Gasteiger partial charge in [-0.25, -0.2) is 20.0 Å². The molecular formula is C19H10N4O3. The van der Waals surface area contributed by atoms with Crippen LogP contribution < -0.4 is 0 Å². The second kappa shape index (κ2) is 6.21. The minimum Gasteiger partial charge on any atom is -0.285 e. The fourth-order valence-corrected chi connectivity index (χ4v) is 2.48. The molecule has 2 amide bonds. The topological polar surface area (TPSA) is 101 Å². The Balaban J connectivity index is 1.50. The van der Waals surface area contributed by atoms with E-state index in [4.69, 9.17) is 0 Å². The van der Waals surface area contributed by atoms with Crippen LogP contribution in [0, 0.1) is 0 Å². The van der Waals surface area contributed by atoms with Crippen LogP contribution in [-0.4, -0.2) is 40.4 Å². The molecule has 0 N–H and O–H groups in total. The maximum absolute atomic E-state index is 12.2. The highest BCUT2D eigenvalue weighted by Crippen LogP contribution is 2.16. The summed E-state index contributed by atoms with van der Waals surface area (Å²) in [6.45, 7) is 0. The molecule has 0 saturated heterocycles. The number of hydrogen-bond acceptors (Lipinski definition) is 5. The lowest BCUT2D eigenvalue weighted by molar-refractivity contribution is -0.114. The Labute approximate surface area is 147 Å². The van der Waals surface area contributed by atoms with E-state index in [2.05, 4.69) is 20.0 Å². The maximum atomic E-state index is 12.2. The smallest absolute Gasteiger partial charge is 0.270 e. The van der Waals surface area contributed by atoms with E-state index in [-0.39, 0.29) is 17.3 Å². The molecule has 124 valence electrons. The lowest BCUT2D eigenvalue weighted by atomic mass is 10.1. The summed E-state index contributed by atoms with van der Waals surface area (Å²) in [5, 5.41) is 0. The average Bonchev–Trinajstić information content (AvgIpc) is 3.38. The molecule has 7 heteroatoms. The van der Waals surface area contributed by atoms with E-state index in [1.165, 1.54) is 18.2 Å². The molecule has 26 heavy (non-hydrogen) atoms. The Hall–Kier alpha value is -3.87. The van der Waals surface area contributed by atoms with Crippen molar-refractivity contribution in [3.8, 4) is 0 Å². The van der Waals surface area contributed by atoms with Gasteiger partial charge in [0, 0.05) is 12.2 Å². The molecule has 4 rings (SSSR count). The van der Waals surface area contributed by atoms with Gasteiger partial charge in [0.05, 0.1) is 22.8 Å². The number of carbonyl (C=O) groups excluding carboxylic acids is 3. The summed E-state index contributed by atoms with van der Waals surface area (Å²) < 4.78 is 0. The Morgan fingerprint density at radius 2 is 1.15 bits per heavy atom. The van der Waals surface area contributed by atoms with Crippen molar-refractivity contribution >= 4 is 40.4 Å². The van der Waals surface area contributed by atoms with Gasteiger partial charge in [-0.3, -0.25) is 14.4 Å². The van der Waals surface area contributed by atoms with E-state index in [1.807, 2.05) is 0 Å². The summed E-state index contributed by atoms with van der Waals surface area (Å²) in [6, 6.07) is 0. The van der Waals surface area contributed by atoms with Gasteiger partial charge in [-0.2, -0.15) is 0 Å². The molecule has 4 aliphatic heterocycles. The van der Waals surface area contributed by atoms with Crippen molar-refractivity contribution in [3.05, 3.63) is 72.2 Å². The van der Waals surface area contributed by atoms with Crippen molar-refractivity contribution in [1.29, 1.82) is 0 Å². The number of hydrogen-bond donors (Lipinski definition) is 0. The van der Waals surface area contributed by atoms with Gasteiger partial charge in [0.2, 0.25) is 5.78 Å². The third-order valence-electron chi connectivity index (χ3n) is 3.65. The molecule has 0 aromatic carbocycles. The lowest BCUT2D eigenvalue weighted by Gasteiger charge is -1.94. The van der Waals surface area contributed by atoms with E-state index in [1.54, 1.807) is 42.5 Å². The van der Waals surface area contributed by atoms with Crippen molar-refractivity contribution in [2.45, 2.75) is 0 Å². The fourth-order valence-electron chi connectivity index (χ4n) is 2.48. The Morgan fingerprint density at radius 3 is 1.85 bits per heavy atom. The second-order valence-electron chi connectivity index (χ2n) is 5.54. The number of rotatable bonds is 4. The number of Topliss-reactive ketones (excluding diaryl/α,β-unsaturated/α-hetero) is 1. The zero-order valence-corrected chi connectivity index (χ0v) is 13.3. The van der Waals surface area contributed by atoms with Crippen molar-refractivity contribution in [1.82, 2.24) is 0 Å². The van der Waals surface area contributed by atoms with E-state index >= 15 is 0 Å². The zero-order chi connectivity index (χ0) is 18.1. The van der Waals surface area contributed by atoms with Crippen LogP contribution in [0.4, 0.5) is 0 Å². The van der Waals surface area contributed by atoms with Gasteiger partial charge in [-0.05, 0) is 48.6 Å². The molecule has 4 aliphatic rings. The Kier molecular flexibility index (Phi) is 3.74. The van der Waals surface area contributed by atoms with Crippen molar-refractivity contribution in [3.63, 3.8) is 0 Å². The van der Waals surface area contributed by atoms with Crippen LogP contribution in [0.5, 0.6) is 0 Å². The van der Waals surface area contributed by atoms with Gasteiger partial charge in [0.15, 0.2) is 0 Å². The average molecular weight is 342 g/mol. The highest BCUT2D eigenvalue weighted by Gasteiger charge is 2.21. The molecule has 4 heterocycles. The SMILES string of the molecule is O=C1C=CC(C=C2C=CC(C=C3C=CC(C(=O)C4=NC(=O)C=C4)=N3)=N2)=N1. The molecule has 0 fully saturated rings. The first-order valence-electron chi connectivity index (χ1n) is 7.70. The van der Waals surface area contributed by atoms with Crippen LogP contribution in [0.3, 0.4) is 0 Å². The van der Waals surface area contributed by atoms with Crippen LogP contribution >= 0.6 is 0 Å². The quantitative estimate of drug-likeness (QED) is 0.772. The largest absolute Gasteiger partial charge is 0.285 e. The summed E-state index contributed by atoms with van der Waals surface area (Å²) in [4.78, 5) is 50.4. The zero-order valence-electron chi connectivity index (χ0n) is 13.3. The van der Waals surface area contributed by atoms with Crippen LogP contribution in [0.25, 0.3) is 0 Å². The summed E-state index contributed by atoms with van der Waals surface area (Å²) >= 11 is 0. The van der Waals surface area contributed by atoms with E-state index < -0.39 is 11.7 Å². The molecule has 0 bridgehead atoms. The predicted octanol–water partition coefficient (Wildman–Crippen LogP) is 1.42. The number of amides is 2. The third kappa shape index (κ3) is 3.18. The first kappa shape index (κ1) is 15.6. The number of nitrogens with zero attached hydrogens (tertiary/aromatic N) is 4. The predicted molar refractivity (Wildman–Crippen MR) is 97.5 cm³/mol. The first-order valence-corrected chi connectivity index (χ1v) is 7.70. The molecule has 0 aliphatic carbocycles. The molecule has 0 aromatic heterocycles. The van der Waals surface area contributed by atoms with Crippen molar-refractivity contribution in [2.75, 3.05) is 0 Å². The van der Waals surface area contributed by atoms with Crippen molar-refractivity contribution < 1.29 is 14.4 Å². The maximum Gasteiger partial charge on any atom is 0.270 e. The van der Waals surface area contributed by atoms with Gasteiger partial charge in [-0.15, -0.1) is 0 Å². The Bertz CT molecular complexity index is 1070. The summed E-state index contributed by atoms with van der Waals surface area (Å²) in [5.74, 6) is -1.12. The lowest BCUT2D eigenvalue weighted by Crippen LogP contribution is -2.19. The highest BCUT2D eigenvalue weighted by molar-refractivity contribution is 6.72. The van der Waals surface area contributed by atoms with Crippen LogP contribution in [0.2, 0.25) is 0 Å². The van der Waals surface area contributed by atoms with Gasteiger partial charge in [0.1, 0.15) is 11.4 Å². The van der Waals surface area contributed by atoms with Crippen molar-refractivity contribution in [2.24, 2.45) is 20.0 Å². The minimum atomic E-state index is -0.445. The molecule has 0 unspecified atom stereocenters. The van der Waals surface area contributed by atoms with Crippen LogP contribution in [0.1, 0.15) is 0 Å². The third-order valence-corrected chi connectivity index (χ3v) is 3.65. The highest BCUT2D eigenvalue weighted by atomic mass is 16.2. The van der Waals surface area contributed by atoms with Gasteiger partial charge in [-0.1, -0.05) is 0 Å². The molecule has 0 spiro atoms. The standard InChI is InChI=1S/C19H10N4O3/c24-17-7-4-14(22-17)10-12-2-1-11(20-12)9-13-3-5-15(21-13)19(26)16-6-8-18(25)23-16/h1-10H. The first-order chi connectivity index (χ1) is 12.6. The number of ketones is 1. The van der Waals surface area contributed by atoms with Gasteiger partial charge in [0.25, 0.3) is 11.8 Å². The van der Waals surface area contributed by atoms with Gasteiger partial charge >= 0.3 is 0 Å². The van der Waals surface area contributed by atoms with E-state index in [0.717, 1.165) is 0 Å². The van der Waals surface area contributed by atoms with Gasteiger partial charge < -0.3 is 0 Å². The molecule has 7 nitrogen and oxygen atoms in total. The summed E-state index contributed by atoms with van der Waals surface area (Å²) in [6.07, 6.45) is 15.9. The van der Waals surface area contributed by atoms with E-state index in [0.29, 0.717) is 22.8 Å². The normalized spacial score (nSPS) is 23.4. The number of aliphatic imine (C=N–C) groups is 4. The minimum absolute atomic E-state index is 0.0860.